The summed E-state index contributed by atoms with van der Waals surface area (Å²) in [6.07, 6.45) is 3.90. The Hall–Kier alpha value is -2.33. The smallest absolute Gasteiger partial charge is 0.251 e. The molecule has 0 radical (unpaired) electrons. The summed E-state index contributed by atoms with van der Waals surface area (Å²) in [5, 5.41) is 3.73. The number of amides is 1. The Morgan fingerprint density at radius 2 is 2.12 bits per heavy atom. The molecule has 1 aromatic heterocycles. The maximum Gasteiger partial charge on any atom is 0.251 e. The fraction of sp³-hybridized carbons (Fsp3) is 0.263. The topological polar surface area (TPSA) is 55.1 Å². The van der Waals surface area contributed by atoms with Crippen molar-refractivity contribution >= 4 is 28.6 Å². The number of rotatable bonds is 4. The second kappa shape index (κ2) is 6.29. The number of nitrogens with one attached hydrogen (secondary N) is 1. The molecule has 1 aliphatic rings. The van der Waals surface area contributed by atoms with Crippen molar-refractivity contribution in [1.82, 2.24) is 10.3 Å². The van der Waals surface area contributed by atoms with Gasteiger partial charge in [-0.05, 0) is 55.2 Å². The molecule has 0 aliphatic heterocycles. The third-order valence-electron chi connectivity index (χ3n) is 4.38. The van der Waals surface area contributed by atoms with Crippen molar-refractivity contribution in [3.8, 4) is 0 Å². The summed E-state index contributed by atoms with van der Waals surface area (Å²) in [5.74, 6) is 0.568. The van der Waals surface area contributed by atoms with Gasteiger partial charge >= 0.3 is 0 Å². The van der Waals surface area contributed by atoms with E-state index < -0.39 is 0 Å². The van der Waals surface area contributed by atoms with E-state index in [9.17, 15) is 4.79 Å². The van der Waals surface area contributed by atoms with Crippen molar-refractivity contribution in [2.75, 3.05) is 0 Å². The lowest BCUT2D eigenvalue weighted by Crippen LogP contribution is -2.39. The molecule has 1 heterocycles. The van der Waals surface area contributed by atoms with E-state index in [2.05, 4.69) is 10.3 Å². The molecule has 24 heavy (non-hydrogen) atoms. The summed E-state index contributed by atoms with van der Waals surface area (Å²) in [6.45, 7) is 0. The summed E-state index contributed by atoms with van der Waals surface area (Å²) >= 11 is 6.01. The third kappa shape index (κ3) is 3.15. The summed E-state index contributed by atoms with van der Waals surface area (Å²) in [5.41, 5.74) is 3.04. The lowest BCUT2D eigenvalue weighted by Gasteiger charge is -2.26. The fourth-order valence-corrected chi connectivity index (χ4v) is 3.04. The molecule has 2 aromatic carbocycles. The van der Waals surface area contributed by atoms with Crippen LogP contribution < -0.4 is 5.32 Å². The number of carbonyl (C=O) groups excluding carboxylic acids is 1. The number of nitrogens with zero attached hydrogens (tertiary/aromatic N) is 1. The van der Waals surface area contributed by atoms with Crippen LogP contribution in [-0.4, -0.2) is 16.9 Å². The number of hydrogen-bond donors (Lipinski definition) is 1. The molecule has 1 aliphatic carbocycles. The van der Waals surface area contributed by atoms with Gasteiger partial charge in [-0.1, -0.05) is 23.7 Å². The van der Waals surface area contributed by atoms with Gasteiger partial charge in [-0.3, -0.25) is 4.79 Å². The Morgan fingerprint density at radius 1 is 1.25 bits per heavy atom. The van der Waals surface area contributed by atoms with Crippen molar-refractivity contribution in [3.05, 3.63) is 64.5 Å². The van der Waals surface area contributed by atoms with E-state index in [0.29, 0.717) is 34.5 Å². The first-order valence-corrected chi connectivity index (χ1v) is 8.50. The van der Waals surface area contributed by atoms with E-state index >= 15 is 0 Å². The highest BCUT2D eigenvalue weighted by Crippen LogP contribution is 2.22. The fourth-order valence-electron chi connectivity index (χ4n) is 2.83. The van der Waals surface area contributed by atoms with E-state index in [4.69, 9.17) is 16.0 Å². The van der Waals surface area contributed by atoms with Crippen LogP contribution in [0.3, 0.4) is 0 Å². The lowest BCUT2D eigenvalue weighted by atomic mass is 9.93. The van der Waals surface area contributed by atoms with E-state index in [1.165, 1.54) is 6.42 Å². The summed E-state index contributed by atoms with van der Waals surface area (Å²) in [6, 6.07) is 13.3. The van der Waals surface area contributed by atoms with Gasteiger partial charge in [0.1, 0.15) is 5.52 Å². The van der Waals surface area contributed by atoms with Crippen LogP contribution in [0.25, 0.3) is 11.1 Å². The van der Waals surface area contributed by atoms with Gasteiger partial charge in [0.2, 0.25) is 0 Å². The zero-order valence-electron chi connectivity index (χ0n) is 13.1. The maximum absolute atomic E-state index is 12.2. The van der Waals surface area contributed by atoms with Crippen LogP contribution in [-0.2, 0) is 6.42 Å². The Morgan fingerprint density at radius 3 is 2.88 bits per heavy atom. The lowest BCUT2D eigenvalue weighted by molar-refractivity contribution is 0.0917. The minimum atomic E-state index is -0.0469. The Kier molecular flexibility index (Phi) is 3.98. The first kappa shape index (κ1) is 15.2. The first-order chi connectivity index (χ1) is 11.7. The minimum Gasteiger partial charge on any atom is -0.440 e. The summed E-state index contributed by atoms with van der Waals surface area (Å²) in [4.78, 5) is 16.7. The second-order valence-corrected chi connectivity index (χ2v) is 6.63. The van der Waals surface area contributed by atoms with Crippen LogP contribution in [0.1, 0.15) is 41.1 Å². The average molecular weight is 341 g/mol. The van der Waals surface area contributed by atoms with Gasteiger partial charge in [0.25, 0.3) is 5.91 Å². The highest BCUT2D eigenvalue weighted by Gasteiger charge is 2.20. The molecule has 4 nitrogen and oxygen atoms in total. The maximum atomic E-state index is 12.2. The number of oxazole rings is 1. The highest BCUT2D eigenvalue weighted by atomic mass is 35.5. The third-order valence-corrected chi connectivity index (χ3v) is 4.61. The van der Waals surface area contributed by atoms with Crippen molar-refractivity contribution in [1.29, 1.82) is 0 Å². The molecule has 0 spiro atoms. The van der Waals surface area contributed by atoms with Gasteiger partial charge in [0.05, 0.1) is 0 Å². The minimum absolute atomic E-state index is 0.0469. The van der Waals surface area contributed by atoms with Crippen molar-refractivity contribution in [2.45, 2.75) is 31.7 Å². The highest BCUT2D eigenvalue weighted by molar-refractivity contribution is 6.30. The van der Waals surface area contributed by atoms with Gasteiger partial charge in [-0.25, -0.2) is 4.98 Å². The van der Waals surface area contributed by atoms with Crippen molar-refractivity contribution in [3.63, 3.8) is 0 Å². The number of fused-ring (bicyclic) bond motifs is 1. The van der Waals surface area contributed by atoms with Crippen molar-refractivity contribution < 1.29 is 9.21 Å². The normalized spacial score (nSPS) is 14.5. The quantitative estimate of drug-likeness (QED) is 0.768. The number of aromatic nitrogens is 1. The molecule has 3 aromatic rings. The molecule has 5 heteroatoms. The van der Waals surface area contributed by atoms with Crippen LogP contribution in [0.5, 0.6) is 0 Å². The van der Waals surface area contributed by atoms with E-state index in [-0.39, 0.29) is 5.91 Å². The second-order valence-electron chi connectivity index (χ2n) is 6.20. The SMILES string of the molecule is O=C(NC1CCC1)c1ccc2nc(Cc3cccc(Cl)c3)oc2c1. The van der Waals surface area contributed by atoms with Crippen molar-refractivity contribution in [2.24, 2.45) is 0 Å². The average Bonchev–Trinajstić information content (AvgIpc) is 2.92. The molecular formula is C19H17ClN2O2. The number of carbonyl (C=O) groups is 1. The predicted octanol–water partition coefficient (Wildman–Crippen LogP) is 4.35. The molecule has 0 bridgehead atoms. The van der Waals surface area contributed by atoms with Gasteiger partial charge in [-0.15, -0.1) is 0 Å². The van der Waals surface area contributed by atoms with Gasteiger partial charge in [0.15, 0.2) is 11.5 Å². The molecule has 1 amide bonds. The molecule has 0 atom stereocenters. The Labute approximate surface area is 144 Å². The van der Waals surface area contributed by atoms with Crippen LogP contribution in [0, 0.1) is 0 Å². The largest absolute Gasteiger partial charge is 0.440 e. The van der Waals surface area contributed by atoms with E-state index in [1.54, 1.807) is 12.1 Å². The summed E-state index contributed by atoms with van der Waals surface area (Å²) < 4.78 is 5.81. The molecule has 1 N–H and O–H groups in total. The van der Waals surface area contributed by atoms with Gasteiger partial charge < -0.3 is 9.73 Å². The zero-order chi connectivity index (χ0) is 16.5. The number of benzene rings is 2. The summed E-state index contributed by atoms with van der Waals surface area (Å²) in [7, 11) is 0. The van der Waals surface area contributed by atoms with Crippen LogP contribution in [0.15, 0.2) is 46.9 Å². The molecule has 1 saturated carbocycles. The molecule has 122 valence electrons. The number of halogens is 1. The monoisotopic (exact) mass is 340 g/mol. The van der Waals surface area contributed by atoms with Gasteiger partial charge in [-0.2, -0.15) is 0 Å². The number of hydrogen-bond acceptors (Lipinski definition) is 3. The molecule has 0 saturated heterocycles. The predicted molar refractivity (Wildman–Crippen MR) is 93.4 cm³/mol. The van der Waals surface area contributed by atoms with Crippen LogP contribution in [0.4, 0.5) is 0 Å². The molecule has 1 fully saturated rings. The van der Waals surface area contributed by atoms with E-state index in [0.717, 1.165) is 23.9 Å². The molecule has 0 unspecified atom stereocenters. The molecule has 4 rings (SSSR count). The van der Waals surface area contributed by atoms with Crippen LogP contribution >= 0.6 is 11.6 Å². The Balaban J connectivity index is 1.55. The van der Waals surface area contributed by atoms with E-state index in [1.807, 2.05) is 30.3 Å². The van der Waals surface area contributed by atoms with Gasteiger partial charge in [0, 0.05) is 23.0 Å². The zero-order valence-corrected chi connectivity index (χ0v) is 13.8. The standard InChI is InChI=1S/C19H17ClN2O2/c20-14-4-1-3-12(9-14)10-18-22-16-8-7-13(11-17(16)24-18)19(23)21-15-5-2-6-15/h1,3-4,7-9,11,15H,2,5-6,10H2,(H,21,23). The Bertz CT molecular complexity index is 899. The molecular weight excluding hydrogens is 324 g/mol. The van der Waals surface area contributed by atoms with Crippen LogP contribution in [0.2, 0.25) is 5.02 Å². The first-order valence-electron chi connectivity index (χ1n) is 8.12.